The normalized spacial score (nSPS) is 18.5. The summed E-state index contributed by atoms with van der Waals surface area (Å²) in [6.45, 7) is 7.55. The van der Waals surface area contributed by atoms with Gasteiger partial charge in [0.1, 0.15) is 17.0 Å². The molecule has 1 saturated heterocycles. The number of ether oxygens (including phenoxy) is 2. The first kappa shape index (κ1) is 22.1. The standard InChI is InChI=1S/C23H27N3O5/c1-22(2,3)15-6-12-18(13-7-15)31-14-19(27)25-26-20(28)23(4,24-21(26)29)16-8-10-17(30-5)11-9-16/h6-13H,14H2,1-5H3,(H,24,29)(H,25,27)/t23-/m0/s1. The van der Waals surface area contributed by atoms with Gasteiger partial charge in [0.25, 0.3) is 11.8 Å². The molecule has 2 aromatic carbocycles. The number of carbonyl (C=O) groups excluding carboxylic acids is 3. The van der Waals surface area contributed by atoms with Crippen molar-refractivity contribution < 1.29 is 23.9 Å². The molecule has 4 amide bonds. The Hall–Kier alpha value is -3.55. The van der Waals surface area contributed by atoms with Gasteiger partial charge in [0, 0.05) is 0 Å². The molecule has 0 bridgehead atoms. The molecule has 1 atom stereocenters. The number of amides is 4. The number of nitrogens with zero attached hydrogens (tertiary/aromatic N) is 1. The van der Waals surface area contributed by atoms with Crippen LogP contribution in [-0.2, 0) is 20.5 Å². The first-order chi connectivity index (χ1) is 14.5. The van der Waals surface area contributed by atoms with Crippen LogP contribution in [0.2, 0.25) is 0 Å². The fourth-order valence-corrected chi connectivity index (χ4v) is 3.22. The van der Waals surface area contributed by atoms with E-state index in [-0.39, 0.29) is 12.0 Å². The quantitative estimate of drug-likeness (QED) is 0.694. The Balaban J connectivity index is 1.62. The molecule has 0 aromatic heterocycles. The number of nitrogens with one attached hydrogen (secondary N) is 2. The van der Waals surface area contributed by atoms with Crippen molar-refractivity contribution in [2.24, 2.45) is 0 Å². The number of hydrogen-bond acceptors (Lipinski definition) is 5. The number of benzene rings is 2. The van der Waals surface area contributed by atoms with E-state index in [9.17, 15) is 14.4 Å². The van der Waals surface area contributed by atoms with Crippen LogP contribution in [0.15, 0.2) is 48.5 Å². The Morgan fingerprint density at radius 1 is 1.03 bits per heavy atom. The summed E-state index contributed by atoms with van der Waals surface area (Å²) >= 11 is 0. The highest BCUT2D eigenvalue weighted by atomic mass is 16.5. The average Bonchev–Trinajstić information content (AvgIpc) is 2.96. The van der Waals surface area contributed by atoms with E-state index in [4.69, 9.17) is 9.47 Å². The summed E-state index contributed by atoms with van der Waals surface area (Å²) < 4.78 is 10.6. The van der Waals surface area contributed by atoms with Gasteiger partial charge in [0.05, 0.1) is 7.11 Å². The molecule has 0 unspecified atom stereocenters. The van der Waals surface area contributed by atoms with E-state index in [0.717, 1.165) is 5.56 Å². The maximum absolute atomic E-state index is 12.9. The predicted octanol–water partition coefficient (Wildman–Crippen LogP) is 2.87. The fourth-order valence-electron chi connectivity index (χ4n) is 3.22. The van der Waals surface area contributed by atoms with Gasteiger partial charge in [0.15, 0.2) is 6.61 Å². The van der Waals surface area contributed by atoms with Crippen LogP contribution in [0.1, 0.15) is 38.8 Å². The lowest BCUT2D eigenvalue weighted by molar-refractivity contribution is -0.139. The monoisotopic (exact) mass is 425 g/mol. The van der Waals surface area contributed by atoms with Gasteiger partial charge in [-0.15, -0.1) is 0 Å². The Morgan fingerprint density at radius 2 is 1.61 bits per heavy atom. The minimum atomic E-state index is -1.31. The van der Waals surface area contributed by atoms with E-state index in [1.54, 1.807) is 43.3 Å². The van der Waals surface area contributed by atoms with Gasteiger partial charge in [-0.1, -0.05) is 45.0 Å². The Morgan fingerprint density at radius 3 is 2.16 bits per heavy atom. The molecule has 0 spiro atoms. The third-order valence-electron chi connectivity index (χ3n) is 5.18. The van der Waals surface area contributed by atoms with Crippen LogP contribution in [0.25, 0.3) is 0 Å². The molecule has 1 aliphatic heterocycles. The maximum atomic E-state index is 12.9. The van der Waals surface area contributed by atoms with Crippen molar-refractivity contribution in [3.05, 3.63) is 59.7 Å². The van der Waals surface area contributed by atoms with Gasteiger partial charge < -0.3 is 14.8 Å². The summed E-state index contributed by atoms with van der Waals surface area (Å²) in [4.78, 5) is 37.5. The largest absolute Gasteiger partial charge is 0.497 e. The lowest BCUT2D eigenvalue weighted by Gasteiger charge is -2.22. The third-order valence-corrected chi connectivity index (χ3v) is 5.18. The molecule has 1 fully saturated rings. The van der Waals surface area contributed by atoms with Crippen LogP contribution in [0, 0.1) is 0 Å². The van der Waals surface area contributed by atoms with Crippen molar-refractivity contribution in [1.82, 2.24) is 15.8 Å². The number of methoxy groups -OCH3 is 1. The summed E-state index contributed by atoms with van der Waals surface area (Å²) in [6.07, 6.45) is 0. The van der Waals surface area contributed by atoms with E-state index in [2.05, 4.69) is 31.5 Å². The Kier molecular flexibility index (Phi) is 5.92. The number of carbonyl (C=O) groups is 3. The lowest BCUT2D eigenvalue weighted by atomic mass is 9.87. The molecule has 0 radical (unpaired) electrons. The third kappa shape index (κ3) is 4.63. The fraction of sp³-hybridized carbons (Fsp3) is 0.348. The minimum absolute atomic E-state index is 0.00984. The smallest absolute Gasteiger partial charge is 0.344 e. The number of imide groups is 1. The maximum Gasteiger partial charge on any atom is 0.344 e. The zero-order valence-electron chi connectivity index (χ0n) is 18.3. The van der Waals surface area contributed by atoms with Gasteiger partial charge in [-0.25, -0.2) is 4.79 Å². The zero-order valence-corrected chi connectivity index (χ0v) is 18.3. The molecule has 0 aliphatic carbocycles. The van der Waals surface area contributed by atoms with Crippen LogP contribution in [0.3, 0.4) is 0 Å². The second kappa shape index (κ2) is 8.29. The van der Waals surface area contributed by atoms with E-state index in [0.29, 0.717) is 22.1 Å². The summed E-state index contributed by atoms with van der Waals surface area (Å²) in [5.41, 5.74) is 2.73. The number of hydrazine groups is 1. The zero-order chi connectivity index (χ0) is 22.8. The van der Waals surface area contributed by atoms with E-state index in [1.807, 2.05) is 12.1 Å². The van der Waals surface area contributed by atoms with Crippen molar-refractivity contribution in [3.8, 4) is 11.5 Å². The summed E-state index contributed by atoms with van der Waals surface area (Å²) in [5.74, 6) is -0.0710. The highest BCUT2D eigenvalue weighted by Gasteiger charge is 2.50. The first-order valence-corrected chi connectivity index (χ1v) is 9.88. The molecule has 1 aliphatic rings. The summed E-state index contributed by atoms with van der Waals surface area (Å²) in [6, 6.07) is 13.5. The van der Waals surface area contributed by atoms with Crippen LogP contribution in [0.4, 0.5) is 4.79 Å². The van der Waals surface area contributed by atoms with Crippen molar-refractivity contribution >= 4 is 17.8 Å². The molecular formula is C23H27N3O5. The molecule has 0 saturated carbocycles. The molecule has 2 aromatic rings. The minimum Gasteiger partial charge on any atom is -0.497 e. The van der Waals surface area contributed by atoms with Gasteiger partial charge in [-0.2, -0.15) is 5.01 Å². The van der Waals surface area contributed by atoms with Crippen molar-refractivity contribution in [1.29, 1.82) is 0 Å². The number of rotatable bonds is 6. The van der Waals surface area contributed by atoms with E-state index in [1.165, 1.54) is 7.11 Å². The molecule has 1 heterocycles. The van der Waals surface area contributed by atoms with Gasteiger partial charge in [-0.3, -0.25) is 15.0 Å². The summed E-state index contributed by atoms with van der Waals surface area (Å²) in [5, 5.41) is 3.30. The van der Waals surface area contributed by atoms with Crippen LogP contribution in [0.5, 0.6) is 11.5 Å². The SMILES string of the molecule is COc1ccc([C@]2(C)NC(=O)N(NC(=O)COc3ccc(C(C)(C)C)cc3)C2=O)cc1. The predicted molar refractivity (Wildman–Crippen MR) is 115 cm³/mol. The van der Waals surface area contributed by atoms with Gasteiger partial charge >= 0.3 is 6.03 Å². The highest BCUT2D eigenvalue weighted by Crippen LogP contribution is 2.29. The number of urea groups is 1. The van der Waals surface area contributed by atoms with E-state index >= 15 is 0 Å². The Bertz CT molecular complexity index is 980. The van der Waals surface area contributed by atoms with E-state index < -0.39 is 23.4 Å². The molecular weight excluding hydrogens is 398 g/mol. The summed E-state index contributed by atoms with van der Waals surface area (Å²) in [7, 11) is 1.54. The Labute approximate surface area is 181 Å². The molecule has 31 heavy (non-hydrogen) atoms. The van der Waals surface area contributed by atoms with Crippen molar-refractivity contribution in [2.45, 2.75) is 38.6 Å². The second-order valence-corrected chi connectivity index (χ2v) is 8.52. The molecule has 3 rings (SSSR count). The molecule has 164 valence electrons. The van der Waals surface area contributed by atoms with Crippen molar-refractivity contribution in [3.63, 3.8) is 0 Å². The highest BCUT2D eigenvalue weighted by molar-refractivity contribution is 6.08. The second-order valence-electron chi connectivity index (χ2n) is 8.52. The first-order valence-electron chi connectivity index (χ1n) is 9.88. The average molecular weight is 425 g/mol. The number of hydrogen-bond donors (Lipinski definition) is 2. The van der Waals surface area contributed by atoms with Crippen molar-refractivity contribution in [2.75, 3.05) is 13.7 Å². The van der Waals surface area contributed by atoms with Gasteiger partial charge in [-0.05, 0) is 47.7 Å². The van der Waals surface area contributed by atoms with Gasteiger partial charge in [0.2, 0.25) is 0 Å². The molecule has 2 N–H and O–H groups in total. The lowest BCUT2D eigenvalue weighted by Crippen LogP contribution is -2.49. The van der Waals surface area contributed by atoms with Crippen LogP contribution < -0.4 is 20.2 Å². The van der Waals surface area contributed by atoms with Crippen LogP contribution in [-0.4, -0.2) is 36.6 Å². The van der Waals surface area contributed by atoms with Crippen LogP contribution >= 0.6 is 0 Å². The molecule has 8 nitrogen and oxygen atoms in total. The topological polar surface area (TPSA) is 97.0 Å². The molecule has 8 heteroatoms.